The number of halogens is 1. The van der Waals surface area contributed by atoms with Crippen LogP contribution in [0.4, 0.5) is 0 Å². The van der Waals surface area contributed by atoms with Crippen LogP contribution in [-0.4, -0.2) is 22.2 Å². The Morgan fingerprint density at radius 2 is 1.75 bits per heavy atom. The Bertz CT molecular complexity index is 1130. The van der Waals surface area contributed by atoms with Gasteiger partial charge in [-0.15, -0.1) is 11.3 Å². The molecule has 0 saturated carbocycles. The molecule has 0 amide bonds. The monoisotopic (exact) mass is 512 g/mol. The van der Waals surface area contributed by atoms with E-state index in [0.717, 1.165) is 12.4 Å². The Balaban J connectivity index is 0.00000289. The summed E-state index contributed by atoms with van der Waals surface area (Å²) in [5.41, 5.74) is -0.0853. The first-order chi connectivity index (χ1) is 15.1. The third-order valence-electron chi connectivity index (χ3n) is 5.38. The molecule has 1 unspecified atom stereocenters. The molecule has 32 heavy (non-hydrogen) atoms. The molecule has 0 spiro atoms. The van der Waals surface area contributed by atoms with Crippen molar-refractivity contribution >= 4 is 17.3 Å². The van der Waals surface area contributed by atoms with Crippen LogP contribution in [0.2, 0.25) is 0 Å². The van der Waals surface area contributed by atoms with E-state index in [9.17, 15) is 9.90 Å². The highest BCUT2D eigenvalue weighted by atomic mass is 79.9. The van der Waals surface area contributed by atoms with Crippen molar-refractivity contribution in [3.63, 3.8) is 0 Å². The number of benzene rings is 2. The zero-order valence-corrected chi connectivity index (χ0v) is 20.1. The number of imidazole rings is 1. The van der Waals surface area contributed by atoms with E-state index in [0.29, 0.717) is 17.0 Å². The minimum atomic E-state index is -1.81. The van der Waals surface area contributed by atoms with Gasteiger partial charge in [-0.3, -0.25) is 0 Å². The van der Waals surface area contributed by atoms with Crippen LogP contribution in [0.3, 0.4) is 0 Å². The second kappa shape index (κ2) is 10.7. The summed E-state index contributed by atoms with van der Waals surface area (Å²) < 4.78 is 9.76. The molecule has 0 saturated heterocycles. The number of aromatic nitrogens is 2. The number of hydrogen-bond acceptors (Lipinski definition) is 4. The fraction of sp³-hybridized carbons (Fsp3) is 0.200. The largest absolute Gasteiger partial charge is 1.00 e. The lowest BCUT2D eigenvalue weighted by Crippen LogP contribution is -3.00. The molecular weight excluding hydrogens is 488 g/mol. The van der Waals surface area contributed by atoms with Gasteiger partial charge in [0, 0.05) is 12.5 Å². The predicted octanol–water partition coefficient (Wildman–Crippen LogP) is 0.677. The summed E-state index contributed by atoms with van der Waals surface area (Å²) in [6.45, 7) is 3.50. The first-order valence-electron chi connectivity index (χ1n) is 10.2. The van der Waals surface area contributed by atoms with Gasteiger partial charge in [0.25, 0.3) is 5.82 Å². The molecule has 0 fully saturated rings. The lowest BCUT2D eigenvalue weighted by Gasteiger charge is -2.25. The molecule has 1 N–H and O–H groups in total. The molecule has 0 bridgehead atoms. The highest BCUT2D eigenvalue weighted by Gasteiger charge is 2.42. The van der Waals surface area contributed by atoms with E-state index < -0.39 is 11.6 Å². The molecule has 2 aromatic carbocycles. The molecule has 7 heteroatoms. The zero-order valence-electron chi connectivity index (χ0n) is 17.7. The second-order valence-electron chi connectivity index (χ2n) is 7.34. The van der Waals surface area contributed by atoms with Gasteiger partial charge in [0.2, 0.25) is 5.60 Å². The Kier molecular flexibility index (Phi) is 8.01. The van der Waals surface area contributed by atoms with E-state index in [2.05, 4.69) is 16.7 Å². The quantitative estimate of drug-likeness (QED) is 0.279. The van der Waals surface area contributed by atoms with E-state index in [1.165, 1.54) is 16.9 Å². The first-order valence-corrected chi connectivity index (χ1v) is 11.0. The van der Waals surface area contributed by atoms with Crippen molar-refractivity contribution in [2.24, 2.45) is 0 Å². The smallest absolute Gasteiger partial charge is 0.348 e. The average Bonchev–Trinajstić information content (AvgIpc) is 3.46. The van der Waals surface area contributed by atoms with E-state index >= 15 is 0 Å². The number of rotatable bonds is 8. The molecule has 2 heterocycles. The Hall–Kier alpha value is -2.74. The molecule has 5 nitrogen and oxygen atoms in total. The summed E-state index contributed by atoms with van der Waals surface area (Å²) in [7, 11) is 0. The lowest BCUT2D eigenvalue weighted by molar-refractivity contribution is -0.694. The van der Waals surface area contributed by atoms with E-state index in [4.69, 9.17) is 4.74 Å². The van der Waals surface area contributed by atoms with Crippen molar-refractivity contribution in [3.8, 4) is 0 Å². The standard InChI is InChI=1S/C25H25N2O3S.BrH/c1-20-26(14-15-27(20)19-21-9-4-2-5-10-21)16-17-30-24(28)25(29,23-13-8-18-31-23)22-11-6-3-7-12-22;/h2-15,18,29H,16-17,19H2,1H3;1H/q+1;/p-1. The van der Waals surface area contributed by atoms with Crippen molar-refractivity contribution in [3.05, 3.63) is 112 Å². The number of ether oxygens (including phenoxy) is 1. The Labute approximate surface area is 202 Å². The number of carbonyl (C=O) groups is 1. The average molecular weight is 513 g/mol. The van der Waals surface area contributed by atoms with Gasteiger partial charge in [0.15, 0.2) is 0 Å². The zero-order chi connectivity index (χ0) is 21.7. The molecule has 0 aliphatic heterocycles. The molecule has 4 rings (SSSR count). The maximum atomic E-state index is 13.0. The van der Waals surface area contributed by atoms with Gasteiger partial charge in [0.05, 0.1) is 4.88 Å². The van der Waals surface area contributed by atoms with Gasteiger partial charge in [-0.05, 0) is 17.0 Å². The summed E-state index contributed by atoms with van der Waals surface area (Å²) in [5.74, 6) is 0.402. The van der Waals surface area contributed by atoms with Crippen LogP contribution in [0.25, 0.3) is 0 Å². The normalized spacial score (nSPS) is 12.6. The van der Waals surface area contributed by atoms with E-state index in [1.54, 1.807) is 30.3 Å². The fourth-order valence-electron chi connectivity index (χ4n) is 3.59. The van der Waals surface area contributed by atoms with Gasteiger partial charge in [-0.1, -0.05) is 66.7 Å². The minimum absolute atomic E-state index is 0. The van der Waals surface area contributed by atoms with Gasteiger partial charge < -0.3 is 26.8 Å². The summed E-state index contributed by atoms with van der Waals surface area (Å²) in [4.78, 5) is 13.5. The van der Waals surface area contributed by atoms with E-state index in [1.807, 2.05) is 59.6 Å². The third-order valence-corrected chi connectivity index (χ3v) is 6.36. The van der Waals surface area contributed by atoms with Crippen LogP contribution in [0.1, 0.15) is 21.8 Å². The van der Waals surface area contributed by atoms with Crippen molar-refractivity contribution < 1.29 is 36.2 Å². The Morgan fingerprint density at radius 3 is 2.41 bits per heavy atom. The highest BCUT2D eigenvalue weighted by molar-refractivity contribution is 7.10. The van der Waals surface area contributed by atoms with Gasteiger partial charge in [0.1, 0.15) is 32.1 Å². The Morgan fingerprint density at radius 1 is 1.06 bits per heavy atom. The number of esters is 1. The van der Waals surface area contributed by atoms with Crippen LogP contribution < -0.4 is 21.5 Å². The molecule has 166 valence electrons. The number of aliphatic hydroxyl groups is 1. The lowest BCUT2D eigenvalue weighted by atomic mass is 9.92. The second-order valence-corrected chi connectivity index (χ2v) is 8.29. The summed E-state index contributed by atoms with van der Waals surface area (Å²) in [6.07, 6.45) is 4.00. The SMILES string of the molecule is Cc1n(CCOC(=O)C(O)(c2ccccc2)c2cccs2)cc[n+]1Cc1ccccc1.[Br-]. The molecule has 1 atom stereocenters. The molecule has 0 aliphatic carbocycles. The van der Waals surface area contributed by atoms with Crippen molar-refractivity contribution in [2.75, 3.05) is 6.61 Å². The van der Waals surface area contributed by atoms with Gasteiger partial charge >= 0.3 is 5.97 Å². The molecule has 4 aromatic rings. The molecule has 2 aromatic heterocycles. The van der Waals surface area contributed by atoms with Gasteiger partial charge in [-0.2, -0.15) is 0 Å². The van der Waals surface area contributed by atoms with Crippen LogP contribution in [-0.2, 0) is 28.2 Å². The maximum Gasteiger partial charge on any atom is 0.348 e. The molecular formula is C25H25BrN2O3S. The van der Waals surface area contributed by atoms with Crippen molar-refractivity contribution in [1.82, 2.24) is 4.57 Å². The summed E-state index contributed by atoms with van der Waals surface area (Å²) >= 11 is 1.33. The van der Waals surface area contributed by atoms with Crippen molar-refractivity contribution in [2.45, 2.75) is 25.6 Å². The highest BCUT2D eigenvalue weighted by Crippen LogP contribution is 2.34. The molecule has 0 radical (unpaired) electrons. The van der Waals surface area contributed by atoms with Crippen LogP contribution in [0.15, 0.2) is 90.6 Å². The van der Waals surface area contributed by atoms with Crippen LogP contribution in [0, 0.1) is 6.92 Å². The summed E-state index contributed by atoms with van der Waals surface area (Å²) in [6, 6.07) is 22.8. The maximum absolute atomic E-state index is 13.0. The number of nitrogens with zero attached hydrogens (tertiary/aromatic N) is 2. The van der Waals surface area contributed by atoms with E-state index in [-0.39, 0.29) is 23.6 Å². The summed E-state index contributed by atoms with van der Waals surface area (Å²) in [5, 5.41) is 13.2. The van der Waals surface area contributed by atoms with Crippen LogP contribution in [0.5, 0.6) is 0 Å². The fourth-order valence-corrected chi connectivity index (χ4v) is 4.42. The topological polar surface area (TPSA) is 55.3 Å². The first kappa shape index (κ1) is 23.9. The van der Waals surface area contributed by atoms with Crippen LogP contribution >= 0.6 is 11.3 Å². The van der Waals surface area contributed by atoms with Gasteiger partial charge in [-0.25, -0.2) is 13.9 Å². The minimum Gasteiger partial charge on any atom is -1.00 e. The third kappa shape index (κ3) is 5.01. The number of hydrogen-bond donors (Lipinski definition) is 1. The number of carbonyl (C=O) groups excluding carboxylic acids is 1. The predicted molar refractivity (Wildman–Crippen MR) is 120 cm³/mol. The number of thiophene rings is 1. The van der Waals surface area contributed by atoms with Crippen molar-refractivity contribution in [1.29, 1.82) is 0 Å². The molecule has 0 aliphatic rings.